The lowest BCUT2D eigenvalue weighted by molar-refractivity contribution is -0.120. The number of para-hydroxylation sites is 1. The number of halogens is 2. The number of nitrogens with two attached hydrogens (primary N) is 1. The fourth-order valence-corrected chi connectivity index (χ4v) is 2.24. The maximum Gasteiger partial charge on any atom is 0.240 e. The number of benzene rings is 1. The molecule has 0 aliphatic rings. The first kappa shape index (κ1) is 12.2. The van der Waals surface area contributed by atoms with Crippen LogP contribution in [0.4, 0.5) is 0 Å². The van der Waals surface area contributed by atoms with Crippen molar-refractivity contribution >= 4 is 40.1 Å². The first-order chi connectivity index (χ1) is 8.06. The summed E-state index contributed by atoms with van der Waals surface area (Å²) in [6.07, 6.45) is 0. The molecule has 2 aromatic rings. The van der Waals surface area contributed by atoms with Crippen molar-refractivity contribution in [2.75, 3.05) is 0 Å². The summed E-state index contributed by atoms with van der Waals surface area (Å²) < 4.78 is 1.69. The van der Waals surface area contributed by atoms with E-state index in [0.29, 0.717) is 21.9 Å². The first-order valence-electron chi connectivity index (χ1n) is 5.07. The Morgan fingerprint density at radius 2 is 2.29 bits per heavy atom. The largest absolute Gasteiger partial charge is 0.368 e. The predicted molar refractivity (Wildman–Crippen MR) is 68.2 cm³/mol. The second-order valence-corrected chi connectivity index (χ2v) is 4.39. The van der Waals surface area contributed by atoms with Crippen molar-refractivity contribution in [1.82, 2.24) is 9.55 Å². The molecular formula is C11H11Cl2N3O. The van der Waals surface area contributed by atoms with Gasteiger partial charge in [-0.2, -0.15) is 0 Å². The highest BCUT2D eigenvalue weighted by Gasteiger charge is 2.20. The molecule has 0 aliphatic heterocycles. The van der Waals surface area contributed by atoms with Gasteiger partial charge in [0.25, 0.3) is 0 Å². The van der Waals surface area contributed by atoms with Crippen molar-refractivity contribution < 1.29 is 4.79 Å². The molecule has 0 saturated carbocycles. The van der Waals surface area contributed by atoms with Gasteiger partial charge in [0, 0.05) is 0 Å². The number of hydrogen-bond acceptors (Lipinski definition) is 2. The van der Waals surface area contributed by atoms with Gasteiger partial charge in [0.2, 0.25) is 5.91 Å². The summed E-state index contributed by atoms with van der Waals surface area (Å²) in [5.74, 6) is 0.333. The molecule has 6 heteroatoms. The molecule has 17 heavy (non-hydrogen) atoms. The number of imidazole rings is 1. The van der Waals surface area contributed by atoms with Gasteiger partial charge in [-0.15, -0.1) is 11.6 Å². The van der Waals surface area contributed by atoms with Crippen LogP contribution < -0.4 is 5.73 Å². The second-order valence-electron chi connectivity index (χ2n) is 3.72. The molecule has 0 spiro atoms. The van der Waals surface area contributed by atoms with Gasteiger partial charge in [-0.3, -0.25) is 4.79 Å². The summed E-state index contributed by atoms with van der Waals surface area (Å²) in [4.78, 5) is 15.6. The molecular weight excluding hydrogens is 261 g/mol. The van der Waals surface area contributed by atoms with Crippen LogP contribution in [-0.2, 0) is 10.7 Å². The molecule has 1 aromatic heterocycles. The third-order valence-corrected chi connectivity index (χ3v) is 3.20. The van der Waals surface area contributed by atoms with Crippen LogP contribution in [0.25, 0.3) is 11.0 Å². The fraction of sp³-hybridized carbons (Fsp3) is 0.273. The molecule has 90 valence electrons. The number of primary amides is 1. The number of rotatable bonds is 3. The fourth-order valence-electron chi connectivity index (χ4n) is 1.79. The minimum atomic E-state index is -0.534. The highest BCUT2D eigenvalue weighted by molar-refractivity contribution is 6.35. The van der Waals surface area contributed by atoms with E-state index in [1.54, 1.807) is 23.6 Å². The SMILES string of the molecule is CC(C(N)=O)n1c(CCl)nc2cccc(Cl)c21. The Bertz CT molecular complexity index is 579. The van der Waals surface area contributed by atoms with E-state index in [0.717, 1.165) is 0 Å². The molecule has 0 fully saturated rings. The first-order valence-corrected chi connectivity index (χ1v) is 5.98. The Morgan fingerprint density at radius 1 is 1.59 bits per heavy atom. The molecule has 4 nitrogen and oxygen atoms in total. The van der Waals surface area contributed by atoms with Crippen LogP contribution in [0, 0.1) is 0 Å². The van der Waals surface area contributed by atoms with E-state index >= 15 is 0 Å². The summed E-state index contributed by atoms with van der Waals surface area (Å²) in [5.41, 5.74) is 6.72. The molecule has 1 atom stereocenters. The summed E-state index contributed by atoms with van der Waals surface area (Å²) in [5, 5.41) is 0.527. The van der Waals surface area contributed by atoms with Crippen molar-refractivity contribution in [2.24, 2.45) is 5.73 Å². The monoisotopic (exact) mass is 271 g/mol. The lowest BCUT2D eigenvalue weighted by atomic mass is 10.2. The van der Waals surface area contributed by atoms with Gasteiger partial charge in [-0.05, 0) is 19.1 Å². The van der Waals surface area contributed by atoms with Crippen molar-refractivity contribution in [3.63, 3.8) is 0 Å². The van der Waals surface area contributed by atoms with Crippen LogP contribution in [-0.4, -0.2) is 15.5 Å². The van der Waals surface area contributed by atoms with E-state index in [2.05, 4.69) is 4.98 Å². The summed E-state index contributed by atoms with van der Waals surface area (Å²) in [6.45, 7) is 1.70. The normalized spacial score (nSPS) is 12.9. The maximum atomic E-state index is 11.3. The zero-order valence-electron chi connectivity index (χ0n) is 9.15. The lowest BCUT2D eigenvalue weighted by Crippen LogP contribution is -2.25. The number of fused-ring (bicyclic) bond motifs is 1. The van der Waals surface area contributed by atoms with Gasteiger partial charge in [-0.25, -0.2) is 4.98 Å². The zero-order valence-corrected chi connectivity index (χ0v) is 10.7. The molecule has 2 N–H and O–H groups in total. The Hall–Kier alpha value is -1.26. The number of hydrogen-bond donors (Lipinski definition) is 1. The minimum Gasteiger partial charge on any atom is -0.368 e. The molecule has 0 saturated heterocycles. The summed E-state index contributed by atoms with van der Waals surface area (Å²) >= 11 is 12.0. The van der Waals surface area contributed by atoms with E-state index < -0.39 is 11.9 Å². The van der Waals surface area contributed by atoms with Crippen LogP contribution in [0.1, 0.15) is 18.8 Å². The van der Waals surface area contributed by atoms with E-state index in [9.17, 15) is 4.79 Å². The Morgan fingerprint density at radius 3 is 2.88 bits per heavy atom. The molecule has 1 heterocycles. The Balaban J connectivity index is 2.78. The number of aromatic nitrogens is 2. The third-order valence-electron chi connectivity index (χ3n) is 2.65. The van der Waals surface area contributed by atoms with Gasteiger partial charge in [0.05, 0.1) is 21.9 Å². The van der Waals surface area contributed by atoms with Gasteiger partial charge in [-0.1, -0.05) is 17.7 Å². The van der Waals surface area contributed by atoms with E-state index in [1.165, 1.54) is 0 Å². The highest BCUT2D eigenvalue weighted by Crippen LogP contribution is 2.28. The quantitative estimate of drug-likeness (QED) is 0.872. The van der Waals surface area contributed by atoms with Crippen molar-refractivity contribution in [3.8, 4) is 0 Å². The minimum absolute atomic E-state index is 0.197. The molecule has 1 amide bonds. The van der Waals surface area contributed by atoms with Crippen molar-refractivity contribution in [1.29, 1.82) is 0 Å². The van der Waals surface area contributed by atoms with Crippen LogP contribution in [0.3, 0.4) is 0 Å². The van der Waals surface area contributed by atoms with Crippen molar-refractivity contribution in [2.45, 2.75) is 18.8 Å². The van der Waals surface area contributed by atoms with E-state index in [1.807, 2.05) is 6.07 Å². The lowest BCUT2D eigenvalue weighted by Gasteiger charge is -2.13. The highest BCUT2D eigenvalue weighted by atomic mass is 35.5. The van der Waals surface area contributed by atoms with Gasteiger partial charge in [0.15, 0.2) is 0 Å². The Kier molecular flexibility index (Phi) is 3.26. The van der Waals surface area contributed by atoms with E-state index in [4.69, 9.17) is 28.9 Å². The smallest absolute Gasteiger partial charge is 0.240 e. The summed E-state index contributed by atoms with van der Waals surface area (Å²) in [7, 11) is 0. The van der Waals surface area contributed by atoms with Crippen LogP contribution in [0.2, 0.25) is 5.02 Å². The average molecular weight is 272 g/mol. The van der Waals surface area contributed by atoms with Gasteiger partial charge >= 0.3 is 0 Å². The molecule has 0 aliphatic carbocycles. The number of nitrogens with zero attached hydrogens (tertiary/aromatic N) is 2. The average Bonchev–Trinajstić information content (AvgIpc) is 2.67. The van der Waals surface area contributed by atoms with Gasteiger partial charge in [0.1, 0.15) is 11.9 Å². The molecule has 0 bridgehead atoms. The van der Waals surface area contributed by atoms with Crippen LogP contribution in [0.5, 0.6) is 0 Å². The number of amides is 1. The van der Waals surface area contributed by atoms with Crippen molar-refractivity contribution in [3.05, 3.63) is 29.0 Å². The number of carbonyl (C=O) groups excluding carboxylic acids is 1. The maximum absolute atomic E-state index is 11.3. The zero-order chi connectivity index (χ0) is 12.6. The van der Waals surface area contributed by atoms with Crippen LogP contribution in [0.15, 0.2) is 18.2 Å². The Labute approximate surface area is 108 Å². The third kappa shape index (κ3) is 1.98. The number of alkyl halides is 1. The topological polar surface area (TPSA) is 60.9 Å². The van der Waals surface area contributed by atoms with Gasteiger partial charge < -0.3 is 10.3 Å². The molecule has 0 radical (unpaired) electrons. The molecule has 2 rings (SSSR count). The summed E-state index contributed by atoms with van der Waals surface area (Å²) in [6, 6.07) is 4.83. The standard InChI is InChI=1S/C11H11Cl2N3O/c1-6(11(14)17)16-9(5-12)15-8-4-2-3-7(13)10(8)16/h2-4,6H,5H2,1H3,(H2,14,17). The second kappa shape index (κ2) is 4.55. The van der Waals surface area contributed by atoms with Crippen LogP contribution >= 0.6 is 23.2 Å². The molecule has 1 unspecified atom stereocenters. The number of carbonyl (C=O) groups is 1. The molecule has 1 aromatic carbocycles. The predicted octanol–water partition coefficient (Wildman–Crippen LogP) is 2.47. The van der Waals surface area contributed by atoms with E-state index in [-0.39, 0.29) is 5.88 Å².